The van der Waals surface area contributed by atoms with Crippen molar-refractivity contribution in [2.75, 3.05) is 13.7 Å². The molecule has 0 spiro atoms. The van der Waals surface area contributed by atoms with Crippen LogP contribution in [-0.2, 0) is 16.0 Å². The van der Waals surface area contributed by atoms with E-state index in [0.29, 0.717) is 29.3 Å². The summed E-state index contributed by atoms with van der Waals surface area (Å²) in [7, 11) is 1.57. The molecule has 0 saturated carbocycles. The van der Waals surface area contributed by atoms with E-state index in [2.05, 4.69) is 0 Å². The first kappa shape index (κ1) is 23.1. The van der Waals surface area contributed by atoms with E-state index < -0.39 is 17.7 Å². The number of likely N-dealkylation sites (tertiary alicyclic amines) is 1. The number of ketones is 1. The molecule has 1 amide bonds. The summed E-state index contributed by atoms with van der Waals surface area (Å²) in [6, 6.07) is 14.0. The van der Waals surface area contributed by atoms with Crippen molar-refractivity contribution in [3.8, 4) is 5.75 Å². The van der Waals surface area contributed by atoms with Crippen molar-refractivity contribution in [2.24, 2.45) is 0 Å². The molecule has 2 aromatic carbocycles. The molecular weight excluding hydrogens is 458 g/mol. The third-order valence-corrected chi connectivity index (χ3v) is 7.26. The number of carbonyl (C=O) groups is 2. The number of ether oxygens (including phenoxy) is 1. The van der Waals surface area contributed by atoms with Crippen LogP contribution in [0.25, 0.3) is 5.76 Å². The van der Waals surface area contributed by atoms with Gasteiger partial charge in [0.1, 0.15) is 11.5 Å². The zero-order chi connectivity index (χ0) is 23.7. The smallest absolute Gasteiger partial charge is 0.295 e. The van der Waals surface area contributed by atoms with Gasteiger partial charge in [-0.1, -0.05) is 23.7 Å². The summed E-state index contributed by atoms with van der Waals surface area (Å²) >= 11 is 7.46. The first-order chi connectivity index (χ1) is 15.8. The zero-order valence-electron chi connectivity index (χ0n) is 18.6. The Morgan fingerprint density at radius 3 is 2.42 bits per heavy atom. The molecule has 5 nitrogen and oxygen atoms in total. The van der Waals surface area contributed by atoms with Crippen molar-refractivity contribution >= 4 is 40.4 Å². The molecule has 1 aliphatic rings. The molecule has 0 bridgehead atoms. The lowest BCUT2D eigenvalue weighted by molar-refractivity contribution is -0.139. The van der Waals surface area contributed by atoms with Crippen molar-refractivity contribution < 1.29 is 19.4 Å². The van der Waals surface area contributed by atoms with Gasteiger partial charge < -0.3 is 14.7 Å². The highest BCUT2D eigenvalue weighted by Gasteiger charge is 2.46. The quantitative estimate of drug-likeness (QED) is 0.279. The number of carbonyl (C=O) groups excluding carboxylic acids is 2. The van der Waals surface area contributed by atoms with Crippen molar-refractivity contribution in [1.82, 2.24) is 4.90 Å². The topological polar surface area (TPSA) is 66.8 Å². The first-order valence-electron chi connectivity index (χ1n) is 10.5. The monoisotopic (exact) mass is 481 g/mol. The number of rotatable bonds is 6. The van der Waals surface area contributed by atoms with Crippen LogP contribution in [-0.4, -0.2) is 35.4 Å². The van der Waals surface area contributed by atoms with Gasteiger partial charge in [-0.3, -0.25) is 9.59 Å². The van der Waals surface area contributed by atoms with E-state index in [9.17, 15) is 14.7 Å². The largest absolute Gasteiger partial charge is 0.507 e. The van der Waals surface area contributed by atoms with Crippen molar-refractivity contribution in [3.05, 3.63) is 91.6 Å². The third-order valence-electron chi connectivity index (χ3n) is 5.93. The highest BCUT2D eigenvalue weighted by molar-refractivity contribution is 7.10. The highest BCUT2D eigenvalue weighted by Crippen LogP contribution is 2.43. The molecular formula is C26H24ClNO4S. The summed E-state index contributed by atoms with van der Waals surface area (Å²) in [5.41, 5.74) is 3.36. The SMILES string of the molecule is COc1ccc(/C(O)=C2\C(=O)C(=O)N(CCc3ccc(Cl)cc3)C2c2sccc2C)c(C)c1. The molecule has 1 aromatic heterocycles. The average molecular weight is 482 g/mol. The number of hydrogen-bond donors (Lipinski definition) is 1. The molecule has 0 aliphatic carbocycles. The van der Waals surface area contributed by atoms with Crippen LogP contribution in [0.5, 0.6) is 5.75 Å². The van der Waals surface area contributed by atoms with Gasteiger partial charge in [0.25, 0.3) is 11.7 Å². The number of nitrogens with zero attached hydrogens (tertiary/aromatic N) is 1. The van der Waals surface area contributed by atoms with Gasteiger partial charge in [-0.25, -0.2) is 0 Å². The number of benzene rings is 2. The molecule has 3 aromatic rings. The normalized spacial score (nSPS) is 17.6. The molecule has 4 rings (SSSR count). The minimum atomic E-state index is -0.670. The second kappa shape index (κ2) is 9.41. The van der Waals surface area contributed by atoms with Crippen molar-refractivity contribution in [3.63, 3.8) is 0 Å². The van der Waals surface area contributed by atoms with Crippen LogP contribution in [0, 0.1) is 13.8 Å². The van der Waals surface area contributed by atoms with Crippen LogP contribution in [0.3, 0.4) is 0 Å². The van der Waals surface area contributed by atoms with E-state index in [4.69, 9.17) is 16.3 Å². The van der Waals surface area contributed by atoms with Gasteiger partial charge >= 0.3 is 0 Å². The van der Waals surface area contributed by atoms with Gasteiger partial charge in [-0.15, -0.1) is 11.3 Å². The van der Waals surface area contributed by atoms with Crippen LogP contribution in [0.4, 0.5) is 0 Å². The highest BCUT2D eigenvalue weighted by atomic mass is 35.5. The minimum absolute atomic E-state index is 0.120. The Labute approximate surface area is 201 Å². The Hall–Kier alpha value is -3.09. The predicted octanol–water partition coefficient (Wildman–Crippen LogP) is 5.69. The number of amides is 1. The maximum absolute atomic E-state index is 13.2. The average Bonchev–Trinajstić information content (AvgIpc) is 3.33. The molecule has 1 N–H and O–H groups in total. The molecule has 1 fully saturated rings. The van der Waals surface area contributed by atoms with Gasteiger partial charge in [0.05, 0.1) is 18.7 Å². The number of aryl methyl sites for hydroxylation is 2. The number of hydrogen-bond acceptors (Lipinski definition) is 5. The Morgan fingerprint density at radius 2 is 1.82 bits per heavy atom. The molecule has 1 atom stereocenters. The maximum atomic E-state index is 13.2. The Balaban J connectivity index is 1.78. The standard InChI is InChI=1S/C26H24ClNO4S/c1-15-11-13-33-25(15)22-21(23(29)20-9-8-19(32-3)14-16(20)2)24(30)26(31)28(22)12-10-17-4-6-18(27)7-5-17/h4-9,11,13-14,22,29H,10,12H2,1-3H3/b23-21+. The van der Waals surface area contributed by atoms with Gasteiger partial charge in [-0.05, 0) is 78.7 Å². The summed E-state index contributed by atoms with van der Waals surface area (Å²) in [5, 5.41) is 13.9. The summed E-state index contributed by atoms with van der Waals surface area (Å²) < 4.78 is 5.25. The van der Waals surface area contributed by atoms with Crippen molar-refractivity contribution in [1.29, 1.82) is 0 Å². The van der Waals surface area contributed by atoms with Gasteiger partial charge in [0, 0.05) is 22.0 Å². The van der Waals surface area contributed by atoms with E-state index in [1.54, 1.807) is 42.3 Å². The summed E-state index contributed by atoms with van der Waals surface area (Å²) in [6.45, 7) is 4.12. The Kier molecular flexibility index (Phi) is 6.58. The lowest BCUT2D eigenvalue weighted by Gasteiger charge is -2.25. The van der Waals surface area contributed by atoms with E-state index in [1.165, 1.54) is 11.3 Å². The van der Waals surface area contributed by atoms with E-state index in [1.807, 2.05) is 37.4 Å². The fourth-order valence-corrected chi connectivity index (χ4v) is 5.30. The fraction of sp³-hybridized carbons (Fsp3) is 0.231. The zero-order valence-corrected chi connectivity index (χ0v) is 20.2. The number of methoxy groups -OCH3 is 1. The molecule has 0 radical (unpaired) electrons. The summed E-state index contributed by atoms with van der Waals surface area (Å²) in [6.07, 6.45) is 0.562. The van der Waals surface area contributed by atoms with Crippen LogP contribution < -0.4 is 4.74 Å². The first-order valence-corrected chi connectivity index (χ1v) is 11.8. The fourth-order valence-electron chi connectivity index (χ4n) is 4.12. The number of Topliss-reactive ketones (excluding diaryl/α,β-unsaturated/α-hetero) is 1. The van der Waals surface area contributed by atoms with Gasteiger partial charge in [-0.2, -0.15) is 0 Å². The van der Waals surface area contributed by atoms with Crippen LogP contribution in [0.15, 0.2) is 59.5 Å². The Morgan fingerprint density at radius 1 is 1.09 bits per heavy atom. The van der Waals surface area contributed by atoms with E-state index in [0.717, 1.165) is 21.6 Å². The number of aliphatic hydroxyl groups excluding tert-OH is 1. The van der Waals surface area contributed by atoms with E-state index >= 15 is 0 Å². The molecule has 1 aliphatic heterocycles. The number of halogens is 1. The molecule has 170 valence electrons. The lowest BCUT2D eigenvalue weighted by Crippen LogP contribution is -2.31. The third kappa shape index (κ3) is 4.41. The Bertz CT molecular complexity index is 1250. The van der Waals surface area contributed by atoms with Crippen LogP contribution in [0.1, 0.15) is 33.2 Å². The molecule has 1 unspecified atom stereocenters. The van der Waals surface area contributed by atoms with Gasteiger partial charge in [0.15, 0.2) is 0 Å². The summed E-state index contributed by atoms with van der Waals surface area (Å²) in [5.74, 6) is -0.787. The lowest BCUT2D eigenvalue weighted by atomic mass is 9.96. The second-order valence-electron chi connectivity index (χ2n) is 8.02. The summed E-state index contributed by atoms with van der Waals surface area (Å²) in [4.78, 5) is 28.8. The predicted molar refractivity (Wildman–Crippen MR) is 131 cm³/mol. The second-order valence-corrected chi connectivity index (χ2v) is 9.40. The minimum Gasteiger partial charge on any atom is -0.507 e. The molecule has 1 saturated heterocycles. The number of thiophene rings is 1. The molecule has 7 heteroatoms. The van der Waals surface area contributed by atoms with Crippen molar-refractivity contribution in [2.45, 2.75) is 26.3 Å². The molecule has 33 heavy (non-hydrogen) atoms. The van der Waals surface area contributed by atoms with Gasteiger partial charge in [0.2, 0.25) is 0 Å². The van der Waals surface area contributed by atoms with Crippen LogP contribution >= 0.6 is 22.9 Å². The van der Waals surface area contributed by atoms with Crippen LogP contribution in [0.2, 0.25) is 5.02 Å². The van der Waals surface area contributed by atoms with E-state index in [-0.39, 0.29) is 11.3 Å². The molecule has 2 heterocycles. The maximum Gasteiger partial charge on any atom is 0.295 e. The number of aliphatic hydroxyl groups is 1.